The maximum Gasteiger partial charge on any atom is 0.197 e. The van der Waals surface area contributed by atoms with Crippen molar-refractivity contribution >= 4 is 62.3 Å². The van der Waals surface area contributed by atoms with E-state index >= 15 is 0 Å². The number of benzene rings is 6. The van der Waals surface area contributed by atoms with E-state index in [1.165, 1.54) is 38.2 Å². The third-order valence-corrected chi connectivity index (χ3v) is 8.97. The lowest BCUT2D eigenvalue weighted by molar-refractivity contribution is -0.681. The fourth-order valence-corrected chi connectivity index (χ4v) is 6.72. The molecule has 0 aromatic heterocycles. The summed E-state index contributed by atoms with van der Waals surface area (Å²) in [6.07, 6.45) is 7.36. The molecule has 8 rings (SSSR count). The van der Waals surface area contributed by atoms with Crippen LogP contribution in [0.5, 0.6) is 0 Å². The standard InChI is InChI=1S/C41H29NO2/c1-26-11-13-29-22-30-16-18-36(25-33(30)23-32(29)19-26)42(34-7-3-2-4-8-34)35-17-15-28-20-27(12-14-31(28)24-35)21-39-40(43)37-9-5-6-10-38(37)41(39)44/h2-18,20-26H,19H2,1H3/p+1. The summed E-state index contributed by atoms with van der Waals surface area (Å²) < 4.78 is 0. The van der Waals surface area contributed by atoms with Crippen LogP contribution in [-0.2, 0) is 6.42 Å². The number of hydrogen-bond acceptors (Lipinski definition) is 2. The van der Waals surface area contributed by atoms with Crippen molar-refractivity contribution in [3.63, 3.8) is 0 Å². The number of fused-ring (bicyclic) bond motifs is 4. The number of rotatable bonds is 4. The van der Waals surface area contributed by atoms with E-state index in [-0.39, 0.29) is 17.1 Å². The van der Waals surface area contributed by atoms with Crippen molar-refractivity contribution in [2.75, 3.05) is 0 Å². The van der Waals surface area contributed by atoms with Gasteiger partial charge < -0.3 is 0 Å². The fraction of sp³-hybridized carbons (Fsp3) is 0.0732. The molecule has 1 N–H and O–H groups in total. The minimum absolute atomic E-state index is 0.204. The van der Waals surface area contributed by atoms with Gasteiger partial charge in [0.25, 0.3) is 0 Å². The fourth-order valence-electron chi connectivity index (χ4n) is 6.72. The molecule has 0 amide bonds. The first-order valence-electron chi connectivity index (χ1n) is 15.1. The van der Waals surface area contributed by atoms with E-state index in [9.17, 15) is 9.59 Å². The van der Waals surface area contributed by atoms with Crippen LogP contribution >= 0.6 is 0 Å². The van der Waals surface area contributed by atoms with Crippen LogP contribution in [0.15, 0.2) is 133 Å². The van der Waals surface area contributed by atoms with Crippen LogP contribution in [0.25, 0.3) is 33.7 Å². The Morgan fingerprint density at radius 2 is 1.23 bits per heavy atom. The Bertz CT molecular complexity index is 2170. The summed E-state index contributed by atoms with van der Waals surface area (Å²) in [4.78, 5) is 27.1. The molecule has 2 atom stereocenters. The monoisotopic (exact) mass is 568 g/mol. The van der Waals surface area contributed by atoms with Crippen LogP contribution in [0, 0.1) is 5.92 Å². The molecule has 3 nitrogen and oxygen atoms in total. The Balaban J connectivity index is 1.18. The highest BCUT2D eigenvalue weighted by molar-refractivity contribution is 6.41. The summed E-state index contributed by atoms with van der Waals surface area (Å²) in [6.45, 7) is 2.27. The molecule has 0 heterocycles. The molecule has 2 aliphatic rings. The Kier molecular flexibility index (Phi) is 6.21. The van der Waals surface area contributed by atoms with Crippen LogP contribution < -0.4 is 4.90 Å². The summed E-state index contributed by atoms with van der Waals surface area (Å²) in [7, 11) is 0. The average Bonchev–Trinajstić information content (AvgIpc) is 3.29. The van der Waals surface area contributed by atoms with Gasteiger partial charge in [-0.2, -0.15) is 0 Å². The van der Waals surface area contributed by atoms with Crippen LogP contribution in [0.1, 0.15) is 44.3 Å². The lowest BCUT2D eigenvalue weighted by Crippen LogP contribution is -2.96. The molecule has 0 fully saturated rings. The quantitative estimate of drug-likeness (QED) is 0.170. The summed E-state index contributed by atoms with van der Waals surface area (Å²) in [5, 5.41) is 4.66. The molecule has 0 radical (unpaired) electrons. The van der Waals surface area contributed by atoms with E-state index in [0.717, 1.165) is 28.4 Å². The number of carbonyl (C=O) groups is 2. The zero-order valence-electron chi connectivity index (χ0n) is 24.4. The summed E-state index contributed by atoms with van der Waals surface area (Å²) in [5.41, 5.74) is 8.26. The second-order valence-electron chi connectivity index (χ2n) is 12.0. The molecule has 210 valence electrons. The van der Waals surface area contributed by atoms with Crippen molar-refractivity contribution in [1.29, 1.82) is 0 Å². The molecule has 0 spiro atoms. The number of allylic oxidation sites excluding steroid dienone is 2. The first-order chi connectivity index (χ1) is 21.5. The number of Topliss-reactive ketones (excluding diaryl/α,β-unsaturated/α-hetero) is 2. The van der Waals surface area contributed by atoms with Gasteiger partial charge in [-0.25, -0.2) is 4.90 Å². The van der Waals surface area contributed by atoms with Crippen molar-refractivity contribution in [2.45, 2.75) is 13.3 Å². The Morgan fingerprint density at radius 1 is 0.614 bits per heavy atom. The van der Waals surface area contributed by atoms with Gasteiger partial charge in [0.1, 0.15) is 17.1 Å². The molecular weight excluding hydrogens is 538 g/mol. The minimum atomic E-state index is -0.204. The predicted molar refractivity (Wildman–Crippen MR) is 179 cm³/mol. The average molecular weight is 569 g/mol. The maximum atomic E-state index is 12.9. The van der Waals surface area contributed by atoms with Crippen molar-refractivity contribution in [1.82, 2.24) is 0 Å². The molecule has 2 aliphatic carbocycles. The van der Waals surface area contributed by atoms with Gasteiger partial charge in [0.2, 0.25) is 0 Å². The first-order valence-corrected chi connectivity index (χ1v) is 15.1. The molecule has 6 aromatic carbocycles. The highest BCUT2D eigenvalue weighted by Gasteiger charge is 2.32. The van der Waals surface area contributed by atoms with Gasteiger partial charge >= 0.3 is 0 Å². The van der Waals surface area contributed by atoms with E-state index in [0.29, 0.717) is 17.0 Å². The lowest BCUT2D eigenvalue weighted by Gasteiger charge is -2.20. The SMILES string of the molecule is CC1C=Cc2cc3ccc([NH+](c4ccccc4)c4ccc5cc(C=C6C(=O)c7ccccc7C6=O)ccc5c4)cc3cc2C1. The van der Waals surface area contributed by atoms with Crippen molar-refractivity contribution in [3.05, 3.63) is 161 Å². The Morgan fingerprint density at radius 3 is 1.95 bits per heavy atom. The van der Waals surface area contributed by atoms with Crippen molar-refractivity contribution in [2.24, 2.45) is 5.92 Å². The predicted octanol–water partition coefficient (Wildman–Crippen LogP) is 8.84. The smallest absolute Gasteiger partial charge is 0.197 e. The van der Waals surface area contributed by atoms with Gasteiger partial charge in [0, 0.05) is 35.4 Å². The second-order valence-corrected chi connectivity index (χ2v) is 12.0. The molecule has 0 saturated carbocycles. The van der Waals surface area contributed by atoms with E-state index in [4.69, 9.17) is 0 Å². The van der Waals surface area contributed by atoms with Crippen LogP contribution in [0.4, 0.5) is 17.1 Å². The lowest BCUT2D eigenvalue weighted by atomic mass is 9.88. The largest absolute Gasteiger partial charge is 0.288 e. The number of hydrogen-bond donors (Lipinski definition) is 1. The third kappa shape index (κ3) is 4.50. The highest BCUT2D eigenvalue weighted by atomic mass is 16.2. The van der Waals surface area contributed by atoms with Crippen molar-refractivity contribution < 1.29 is 14.5 Å². The summed E-state index contributed by atoms with van der Waals surface area (Å²) >= 11 is 0. The zero-order valence-corrected chi connectivity index (χ0v) is 24.4. The molecule has 3 heteroatoms. The van der Waals surface area contributed by atoms with Crippen molar-refractivity contribution in [3.8, 4) is 0 Å². The van der Waals surface area contributed by atoms with Crippen LogP contribution in [0.3, 0.4) is 0 Å². The molecule has 44 heavy (non-hydrogen) atoms. The minimum Gasteiger partial charge on any atom is -0.288 e. The summed E-state index contributed by atoms with van der Waals surface area (Å²) in [5.74, 6) is 0.148. The van der Waals surface area contributed by atoms with Gasteiger partial charge in [-0.1, -0.05) is 79.7 Å². The molecule has 0 aliphatic heterocycles. The molecular formula is C41H30NO2+. The number of ketones is 2. The molecule has 2 unspecified atom stereocenters. The summed E-state index contributed by atoms with van der Waals surface area (Å²) in [6, 6.07) is 41.7. The highest BCUT2D eigenvalue weighted by Crippen LogP contribution is 2.31. The normalized spacial score (nSPS) is 16.3. The van der Waals surface area contributed by atoms with Crippen LogP contribution in [0.2, 0.25) is 0 Å². The number of quaternary nitrogens is 1. The zero-order chi connectivity index (χ0) is 29.8. The van der Waals surface area contributed by atoms with Gasteiger partial charge in [0.15, 0.2) is 11.6 Å². The van der Waals surface area contributed by atoms with Gasteiger partial charge in [-0.05, 0) is 93.0 Å². The van der Waals surface area contributed by atoms with Gasteiger partial charge in [-0.15, -0.1) is 0 Å². The van der Waals surface area contributed by atoms with E-state index in [1.54, 1.807) is 30.3 Å². The Hall–Kier alpha value is -5.38. The first kappa shape index (κ1) is 26.3. The second kappa shape index (κ2) is 10.4. The van der Waals surface area contributed by atoms with E-state index in [1.807, 2.05) is 12.1 Å². The molecule has 0 bridgehead atoms. The number of carbonyl (C=O) groups excluding carboxylic acids is 2. The maximum absolute atomic E-state index is 12.9. The van der Waals surface area contributed by atoms with Crippen LogP contribution in [-0.4, -0.2) is 11.6 Å². The molecule has 0 saturated heterocycles. The number of nitrogens with one attached hydrogen (secondary N) is 1. The Labute approximate surface area is 256 Å². The van der Waals surface area contributed by atoms with E-state index in [2.05, 4.69) is 104 Å². The van der Waals surface area contributed by atoms with Gasteiger partial charge in [-0.3, -0.25) is 9.59 Å². The molecule has 6 aromatic rings. The van der Waals surface area contributed by atoms with Gasteiger partial charge in [0.05, 0.1) is 5.57 Å². The number of para-hydroxylation sites is 1. The van der Waals surface area contributed by atoms with E-state index < -0.39 is 0 Å². The topological polar surface area (TPSA) is 38.6 Å². The third-order valence-electron chi connectivity index (χ3n) is 8.97.